The minimum absolute atomic E-state index is 0.462. The molecule has 0 saturated heterocycles. The number of pyridine rings is 8. The van der Waals surface area contributed by atoms with Gasteiger partial charge in [0.1, 0.15) is 28.2 Å². The molecule has 20 rings (SSSR count). The van der Waals surface area contributed by atoms with Crippen LogP contribution in [0.15, 0.2) is 255 Å². The molecule has 0 spiro atoms. The van der Waals surface area contributed by atoms with Gasteiger partial charge in [0.25, 0.3) is 0 Å². The monoisotopic (exact) mass is 1440 g/mol. The van der Waals surface area contributed by atoms with Crippen molar-refractivity contribution >= 4 is 131 Å². The fraction of sp³-hybridized carbons (Fsp3) is 0.184. The maximum Gasteiger partial charge on any atom is 0.227 e. The highest BCUT2D eigenvalue weighted by Crippen LogP contribution is 2.47. The topological polar surface area (TPSA) is 120 Å². The molecule has 8 aromatic carbocycles. The normalized spacial score (nSPS) is 11.8. The van der Waals surface area contributed by atoms with Gasteiger partial charge < -0.3 is 17.7 Å². The molecule has 0 N–H and O–H groups in total. The second kappa shape index (κ2) is 28.1. The van der Waals surface area contributed by atoms with E-state index >= 15 is 0 Å². The first-order chi connectivity index (χ1) is 53.4. The van der Waals surface area contributed by atoms with E-state index in [0.717, 1.165) is 111 Å². The zero-order valence-electron chi connectivity index (χ0n) is 65.1. The SMILES string of the molecule is CCc1ccc(-c2c(C)c3ccccc3c3c2oc2ncccc23)[n+](C)c1.Cc1c(-c2ccc(C(C)C)c[n+]2C)c2oc3ncccc3c2c2ccccc12.Cc1c[n+](C)c(-c2c(C)c3ccccc3c3c2oc2ncccc23)cc1C(C)C.Cc1ccc(-c2c(C)c3ccccc3c3c2oc2ncccc23)[n+](C)c1. The molecule has 0 fully saturated rings. The Labute approximate surface area is 638 Å². The molecular formula is C98H88N8O4+4. The number of aryl methyl sites for hydroxylation is 11. The Morgan fingerprint density at radius 1 is 0.309 bits per heavy atom. The smallest absolute Gasteiger partial charge is 0.227 e. The van der Waals surface area contributed by atoms with Crippen molar-refractivity contribution in [1.29, 1.82) is 0 Å². The average Bonchev–Trinajstić information content (AvgIpc) is 1.56. The predicted molar refractivity (Wildman–Crippen MR) is 449 cm³/mol. The van der Waals surface area contributed by atoms with Crippen LogP contribution in [0, 0.1) is 41.5 Å². The summed E-state index contributed by atoms with van der Waals surface area (Å²) >= 11 is 0. The third-order valence-electron chi connectivity index (χ3n) is 22.5. The molecule has 0 aliphatic rings. The lowest BCUT2D eigenvalue weighted by atomic mass is 9.91. The van der Waals surface area contributed by atoms with Crippen molar-refractivity contribution in [3.8, 4) is 45.0 Å². The predicted octanol–water partition coefficient (Wildman–Crippen LogP) is 23.2. The van der Waals surface area contributed by atoms with Gasteiger partial charge in [-0.3, -0.25) is 0 Å². The third-order valence-corrected chi connectivity index (χ3v) is 22.5. The van der Waals surface area contributed by atoms with E-state index in [-0.39, 0.29) is 0 Å². The standard InChI is InChI=1S/C26H25N2O.C25H23N2O.C24H21N2O.C23H19N2O/c1-15(2)21-13-22(28(5)14-16(21)3)23-17(4)18-9-6-7-10-19(18)24-20-11-8-12-27-26(20)29-25(23)24;1-15(2)17-11-12-21(27(4)14-17)22-16(3)18-8-5-6-9-19(18)23-20-10-7-13-26-25(20)28-24(22)23;1-4-16-11-12-20(26(3)14-16)21-15(2)17-8-5-6-9-18(17)22-19-10-7-13-25-24(19)27-23(21)22;1-14-10-11-19(25(3)13-14)20-15(2)16-7-4-5-8-17(16)21-18-9-6-12-24-23(18)26-22(20)21/h6-15H,1-5H3;5-15H,1-4H3;5-14H,4H2,1-3H3;4-13H,1-3H3/q4*+1. The Kier molecular flexibility index (Phi) is 17.9. The summed E-state index contributed by atoms with van der Waals surface area (Å²) in [5.41, 5.74) is 27.1. The van der Waals surface area contributed by atoms with Gasteiger partial charge in [0.2, 0.25) is 45.6 Å². The molecule has 0 saturated carbocycles. The largest absolute Gasteiger partial charge is 0.437 e. The van der Waals surface area contributed by atoms with Crippen LogP contribution in [0.1, 0.15) is 96.5 Å². The first-order valence-electron chi connectivity index (χ1n) is 38.1. The minimum Gasteiger partial charge on any atom is -0.437 e. The van der Waals surface area contributed by atoms with Crippen LogP contribution >= 0.6 is 0 Å². The van der Waals surface area contributed by atoms with Crippen molar-refractivity contribution in [1.82, 2.24) is 19.9 Å². The van der Waals surface area contributed by atoms with Gasteiger partial charge in [-0.1, -0.05) is 132 Å². The molecule has 0 aliphatic carbocycles. The maximum atomic E-state index is 6.39. The number of hydrogen-bond acceptors (Lipinski definition) is 8. The van der Waals surface area contributed by atoms with Crippen LogP contribution in [-0.2, 0) is 34.6 Å². The van der Waals surface area contributed by atoms with Crippen molar-refractivity contribution in [3.05, 3.63) is 288 Å². The second-order valence-electron chi connectivity index (χ2n) is 30.1. The van der Waals surface area contributed by atoms with Crippen LogP contribution in [0.3, 0.4) is 0 Å². The first kappa shape index (κ1) is 70.2. The summed E-state index contributed by atoms with van der Waals surface area (Å²) in [6, 6.07) is 66.1. The fourth-order valence-corrected chi connectivity index (χ4v) is 17.1. The highest BCUT2D eigenvalue weighted by atomic mass is 16.4. The van der Waals surface area contributed by atoms with Gasteiger partial charge in [0, 0.05) is 114 Å². The summed E-state index contributed by atoms with van der Waals surface area (Å²) in [4.78, 5) is 17.9. The van der Waals surface area contributed by atoms with Gasteiger partial charge in [-0.2, -0.15) is 0 Å². The van der Waals surface area contributed by atoms with E-state index in [1.807, 2.05) is 24.3 Å². The number of furan rings is 4. The van der Waals surface area contributed by atoms with Crippen LogP contribution in [0.4, 0.5) is 0 Å². The number of hydrogen-bond donors (Lipinski definition) is 0. The fourth-order valence-electron chi connectivity index (χ4n) is 17.1. The maximum absolute atomic E-state index is 6.39. The van der Waals surface area contributed by atoms with Crippen molar-refractivity contribution in [2.45, 2.75) is 94.4 Å². The lowest BCUT2D eigenvalue weighted by Crippen LogP contribution is -2.32. The summed E-state index contributed by atoms with van der Waals surface area (Å²) in [5, 5.41) is 18.7. The summed E-state index contributed by atoms with van der Waals surface area (Å²) in [7, 11) is 8.43. The Morgan fingerprint density at radius 3 is 0.945 bits per heavy atom. The highest BCUT2D eigenvalue weighted by molar-refractivity contribution is 6.26. The van der Waals surface area contributed by atoms with E-state index in [2.05, 4.69) is 331 Å². The molecule has 0 aliphatic heterocycles. The zero-order valence-corrected chi connectivity index (χ0v) is 65.1. The van der Waals surface area contributed by atoms with Gasteiger partial charge in [0.05, 0.1) is 22.3 Å². The van der Waals surface area contributed by atoms with Gasteiger partial charge in [-0.25, -0.2) is 38.2 Å². The lowest BCUT2D eigenvalue weighted by Gasteiger charge is -2.14. The molecule has 0 amide bonds. The number of benzene rings is 8. The van der Waals surface area contributed by atoms with Gasteiger partial charge in [0.15, 0.2) is 47.1 Å². The second-order valence-corrected chi connectivity index (χ2v) is 30.1. The van der Waals surface area contributed by atoms with Crippen LogP contribution in [-0.4, -0.2) is 19.9 Å². The van der Waals surface area contributed by atoms with Gasteiger partial charge >= 0.3 is 0 Å². The summed E-state index contributed by atoms with van der Waals surface area (Å²) in [5.74, 6) is 0.955. The Morgan fingerprint density at radius 2 is 0.618 bits per heavy atom. The van der Waals surface area contributed by atoms with Crippen LogP contribution in [0.2, 0.25) is 0 Å². The van der Waals surface area contributed by atoms with Crippen LogP contribution in [0.25, 0.3) is 176 Å². The Balaban J connectivity index is 0.000000107. The zero-order chi connectivity index (χ0) is 76.1. The highest BCUT2D eigenvalue weighted by Gasteiger charge is 2.30. The molecule has 20 aromatic rings. The molecule has 12 heterocycles. The summed E-state index contributed by atoms with van der Waals surface area (Å²) in [6.07, 6.45) is 17.0. The van der Waals surface area contributed by atoms with E-state index in [1.54, 1.807) is 24.8 Å². The van der Waals surface area contributed by atoms with Crippen molar-refractivity contribution < 1.29 is 35.9 Å². The Hall–Kier alpha value is -12.8. The molecule has 12 heteroatoms. The minimum atomic E-state index is 0.462. The molecule has 0 bridgehead atoms. The average molecular weight is 1440 g/mol. The van der Waals surface area contributed by atoms with Crippen molar-refractivity contribution in [2.75, 3.05) is 0 Å². The molecule has 540 valence electrons. The van der Waals surface area contributed by atoms with E-state index in [9.17, 15) is 0 Å². The third kappa shape index (κ3) is 11.7. The van der Waals surface area contributed by atoms with Crippen LogP contribution < -0.4 is 18.3 Å². The van der Waals surface area contributed by atoms with Crippen molar-refractivity contribution in [2.24, 2.45) is 28.2 Å². The molecule has 110 heavy (non-hydrogen) atoms. The molecule has 0 unspecified atom stereocenters. The molecule has 0 atom stereocenters. The number of rotatable bonds is 7. The number of aromatic nitrogens is 8. The molecule has 0 radical (unpaired) electrons. The van der Waals surface area contributed by atoms with E-state index in [4.69, 9.17) is 17.7 Å². The van der Waals surface area contributed by atoms with Crippen LogP contribution in [0.5, 0.6) is 0 Å². The Bertz CT molecular complexity index is 7110. The first-order valence-corrected chi connectivity index (χ1v) is 38.1. The molecule has 12 nitrogen and oxygen atoms in total. The number of fused-ring (bicyclic) bond motifs is 20. The summed E-state index contributed by atoms with van der Waals surface area (Å²) < 4.78 is 34.1. The van der Waals surface area contributed by atoms with Gasteiger partial charge in [-0.15, -0.1) is 0 Å². The molecule has 12 aromatic heterocycles. The summed E-state index contributed by atoms with van der Waals surface area (Å²) in [6.45, 7) is 24.2. The van der Waals surface area contributed by atoms with E-state index in [0.29, 0.717) is 34.7 Å². The number of nitrogens with zero attached hydrogens (tertiary/aromatic N) is 8. The van der Waals surface area contributed by atoms with E-state index < -0.39 is 0 Å². The van der Waals surface area contributed by atoms with Crippen molar-refractivity contribution in [3.63, 3.8) is 0 Å². The quantitative estimate of drug-likeness (QED) is 0.145. The molecular weight excluding hydrogens is 1350 g/mol. The van der Waals surface area contributed by atoms with Gasteiger partial charge in [-0.05, 0) is 197 Å². The van der Waals surface area contributed by atoms with E-state index in [1.165, 1.54) is 98.9 Å². The lowest BCUT2D eigenvalue weighted by molar-refractivity contribution is -0.660.